The van der Waals surface area contributed by atoms with Crippen LogP contribution in [0.5, 0.6) is 0 Å². The van der Waals surface area contributed by atoms with E-state index < -0.39 is 18.2 Å². The van der Waals surface area contributed by atoms with Gasteiger partial charge in [-0.05, 0) is 51.4 Å². The van der Waals surface area contributed by atoms with Crippen LogP contribution in [0, 0.1) is 0 Å². The van der Waals surface area contributed by atoms with Crippen LogP contribution in [0.15, 0.2) is 24.3 Å². The van der Waals surface area contributed by atoms with E-state index in [9.17, 15) is 20.1 Å². The molecule has 0 heterocycles. The fourth-order valence-corrected chi connectivity index (χ4v) is 7.89. The smallest absolute Gasteiger partial charge is 0.220 e. The summed E-state index contributed by atoms with van der Waals surface area (Å²) in [4.78, 5) is 12.5. The van der Waals surface area contributed by atoms with E-state index in [4.69, 9.17) is 0 Å². The Hall–Kier alpha value is -1.17. The molecule has 5 nitrogen and oxygen atoms in total. The number of amides is 1. The zero-order chi connectivity index (χ0) is 40.8. The summed E-state index contributed by atoms with van der Waals surface area (Å²) >= 11 is 0. The third-order valence-corrected chi connectivity index (χ3v) is 11.8. The van der Waals surface area contributed by atoms with Gasteiger partial charge in [-0.3, -0.25) is 4.79 Å². The summed E-state index contributed by atoms with van der Waals surface area (Å²) in [5.41, 5.74) is 0. The second kappa shape index (κ2) is 46.5. The highest BCUT2D eigenvalue weighted by Gasteiger charge is 2.26. The largest absolute Gasteiger partial charge is 0.394 e. The average Bonchev–Trinajstić information content (AvgIpc) is 3.20. The lowest BCUT2D eigenvalue weighted by molar-refractivity contribution is -0.124. The Kier molecular flexibility index (Phi) is 45.5. The van der Waals surface area contributed by atoms with Crippen molar-refractivity contribution in [2.75, 3.05) is 6.61 Å². The molecule has 56 heavy (non-hydrogen) atoms. The van der Waals surface area contributed by atoms with Gasteiger partial charge in [0.25, 0.3) is 0 Å². The number of carbonyl (C=O) groups is 1. The van der Waals surface area contributed by atoms with Crippen LogP contribution in [0.25, 0.3) is 0 Å². The summed E-state index contributed by atoms with van der Waals surface area (Å²) in [7, 11) is 0. The summed E-state index contributed by atoms with van der Waals surface area (Å²) in [5.74, 6) is -0.154. The highest BCUT2D eigenvalue weighted by molar-refractivity contribution is 5.76. The van der Waals surface area contributed by atoms with Gasteiger partial charge in [0, 0.05) is 6.42 Å². The Bertz CT molecular complexity index is 829. The van der Waals surface area contributed by atoms with Crippen LogP contribution in [0.1, 0.15) is 271 Å². The van der Waals surface area contributed by atoms with Crippen molar-refractivity contribution in [2.24, 2.45) is 0 Å². The van der Waals surface area contributed by atoms with Crippen LogP contribution in [0.3, 0.4) is 0 Å². The monoisotopic (exact) mass is 790 g/mol. The van der Waals surface area contributed by atoms with Crippen molar-refractivity contribution < 1.29 is 20.1 Å². The quantitative estimate of drug-likeness (QED) is 0.0365. The first kappa shape index (κ1) is 54.8. The van der Waals surface area contributed by atoms with Crippen molar-refractivity contribution >= 4 is 5.91 Å². The molecular weight excluding hydrogens is 691 g/mol. The van der Waals surface area contributed by atoms with E-state index >= 15 is 0 Å². The molecule has 0 saturated carbocycles. The van der Waals surface area contributed by atoms with Crippen molar-refractivity contribution in [3.63, 3.8) is 0 Å². The number of rotatable bonds is 46. The van der Waals surface area contributed by atoms with Crippen molar-refractivity contribution in [3.05, 3.63) is 24.3 Å². The molecule has 0 radical (unpaired) electrons. The Morgan fingerprint density at radius 3 is 1.09 bits per heavy atom. The van der Waals surface area contributed by atoms with Crippen LogP contribution in [-0.4, -0.2) is 46.1 Å². The summed E-state index contributed by atoms with van der Waals surface area (Å²) < 4.78 is 0. The first-order valence-corrected chi connectivity index (χ1v) is 25.1. The first-order chi connectivity index (χ1) is 27.6. The van der Waals surface area contributed by atoms with Crippen molar-refractivity contribution in [3.8, 4) is 0 Å². The van der Waals surface area contributed by atoms with Crippen LogP contribution in [0.4, 0.5) is 0 Å². The molecule has 4 N–H and O–H groups in total. The average molecular weight is 790 g/mol. The molecule has 0 aliphatic rings. The highest BCUT2D eigenvalue weighted by Crippen LogP contribution is 2.17. The second-order valence-electron chi connectivity index (χ2n) is 17.4. The number of hydrogen-bond donors (Lipinski definition) is 4. The Morgan fingerprint density at radius 2 is 0.732 bits per heavy atom. The molecule has 5 heteroatoms. The molecule has 0 aromatic carbocycles. The molecule has 0 aliphatic heterocycles. The van der Waals surface area contributed by atoms with Gasteiger partial charge in [-0.15, -0.1) is 0 Å². The summed E-state index contributed by atoms with van der Waals surface area (Å²) in [6.07, 6.45) is 57.5. The lowest BCUT2D eigenvalue weighted by Gasteiger charge is -2.26. The van der Waals surface area contributed by atoms with Gasteiger partial charge in [-0.1, -0.05) is 237 Å². The molecule has 332 valence electrons. The predicted molar refractivity (Wildman–Crippen MR) is 245 cm³/mol. The number of nitrogens with one attached hydrogen (secondary N) is 1. The molecule has 0 aliphatic carbocycles. The maximum absolute atomic E-state index is 12.5. The lowest BCUT2D eigenvalue weighted by atomic mass is 10.0. The minimum Gasteiger partial charge on any atom is -0.394 e. The topological polar surface area (TPSA) is 89.8 Å². The SMILES string of the molecule is CCCCCCC/C=C/CC/C=C/CCCC(O)C(O)C(CO)NC(=O)CCCCCCCCCCCCCCCCCCCCCCCCCCCCCC. The molecule has 0 rings (SSSR count). The molecule has 0 spiro atoms. The number of carbonyl (C=O) groups excluding carboxylic acids is 1. The van der Waals surface area contributed by atoms with Gasteiger partial charge >= 0.3 is 0 Å². The van der Waals surface area contributed by atoms with Crippen LogP contribution in [0.2, 0.25) is 0 Å². The van der Waals surface area contributed by atoms with Gasteiger partial charge in [0.05, 0.1) is 18.8 Å². The number of aliphatic hydroxyl groups is 3. The van der Waals surface area contributed by atoms with E-state index in [1.54, 1.807) is 0 Å². The van der Waals surface area contributed by atoms with Crippen LogP contribution in [-0.2, 0) is 4.79 Å². The van der Waals surface area contributed by atoms with Gasteiger partial charge in [-0.25, -0.2) is 0 Å². The third-order valence-electron chi connectivity index (χ3n) is 11.8. The maximum Gasteiger partial charge on any atom is 0.220 e. The molecular formula is C51H99NO4. The van der Waals surface area contributed by atoms with Crippen molar-refractivity contribution in [2.45, 2.75) is 289 Å². The standard InChI is InChI=1S/C51H99NO4/c1-3-5-7-9-11-13-15-17-19-20-21-22-23-24-25-26-27-28-29-30-31-32-34-36-38-40-42-44-46-50(55)52-48(47-53)51(56)49(54)45-43-41-39-37-35-33-18-16-14-12-10-8-6-4-2/h16,18,37,39,48-49,51,53-54,56H,3-15,17,19-36,38,40-47H2,1-2H3,(H,52,55)/b18-16+,39-37+. The maximum atomic E-state index is 12.5. The number of hydrogen-bond acceptors (Lipinski definition) is 4. The van der Waals surface area contributed by atoms with E-state index in [1.165, 1.54) is 199 Å². The van der Waals surface area contributed by atoms with Gasteiger partial charge in [-0.2, -0.15) is 0 Å². The minimum atomic E-state index is -1.16. The van der Waals surface area contributed by atoms with Gasteiger partial charge in [0.15, 0.2) is 0 Å². The molecule has 0 fully saturated rings. The third kappa shape index (κ3) is 41.0. The number of unbranched alkanes of at least 4 members (excludes halogenated alkanes) is 34. The normalized spacial score (nSPS) is 13.6. The zero-order valence-electron chi connectivity index (χ0n) is 37.8. The van der Waals surface area contributed by atoms with E-state index in [1.807, 2.05) is 0 Å². The van der Waals surface area contributed by atoms with E-state index in [0.717, 1.165) is 44.9 Å². The highest BCUT2D eigenvalue weighted by atomic mass is 16.3. The summed E-state index contributed by atoms with van der Waals surface area (Å²) in [6.45, 7) is 4.17. The fraction of sp³-hybridized carbons (Fsp3) is 0.902. The fourth-order valence-electron chi connectivity index (χ4n) is 7.89. The van der Waals surface area contributed by atoms with Crippen molar-refractivity contribution in [1.82, 2.24) is 5.32 Å². The summed E-state index contributed by atoms with van der Waals surface area (Å²) in [5, 5.41) is 33.5. The predicted octanol–water partition coefficient (Wildman–Crippen LogP) is 14.9. The Morgan fingerprint density at radius 1 is 0.429 bits per heavy atom. The number of allylic oxidation sites excluding steroid dienone is 4. The first-order valence-electron chi connectivity index (χ1n) is 25.1. The molecule has 0 aromatic rings. The molecule has 0 aromatic heterocycles. The molecule has 0 saturated heterocycles. The van der Waals surface area contributed by atoms with Gasteiger partial charge < -0.3 is 20.6 Å². The zero-order valence-corrected chi connectivity index (χ0v) is 37.8. The van der Waals surface area contributed by atoms with E-state index in [2.05, 4.69) is 43.5 Å². The second-order valence-corrected chi connectivity index (χ2v) is 17.4. The van der Waals surface area contributed by atoms with E-state index in [0.29, 0.717) is 12.8 Å². The van der Waals surface area contributed by atoms with Crippen LogP contribution >= 0.6 is 0 Å². The summed E-state index contributed by atoms with van der Waals surface area (Å²) in [6, 6.07) is -0.828. The number of aliphatic hydroxyl groups excluding tert-OH is 3. The minimum absolute atomic E-state index is 0.154. The van der Waals surface area contributed by atoms with Gasteiger partial charge in [0.1, 0.15) is 6.10 Å². The van der Waals surface area contributed by atoms with Crippen LogP contribution < -0.4 is 5.32 Å². The Labute approximate surface area is 350 Å². The molecule has 3 unspecified atom stereocenters. The van der Waals surface area contributed by atoms with E-state index in [-0.39, 0.29) is 12.5 Å². The Balaban J connectivity index is 3.53. The molecule has 3 atom stereocenters. The van der Waals surface area contributed by atoms with Crippen molar-refractivity contribution in [1.29, 1.82) is 0 Å². The van der Waals surface area contributed by atoms with Gasteiger partial charge in [0.2, 0.25) is 5.91 Å². The molecule has 1 amide bonds. The lowest BCUT2D eigenvalue weighted by Crippen LogP contribution is -2.50. The molecule has 0 bridgehead atoms.